The van der Waals surface area contributed by atoms with Gasteiger partial charge in [-0.05, 0) is 53.1 Å². The maximum atomic E-state index is 15.1. The number of ketones is 1. The Labute approximate surface area is 399 Å². The van der Waals surface area contributed by atoms with Gasteiger partial charge in [-0.15, -0.1) is 0 Å². The molecule has 8 rings (SSSR count). The highest BCUT2D eigenvalue weighted by atomic mass is 16.8. The van der Waals surface area contributed by atoms with Gasteiger partial charge in [0.25, 0.3) is 0 Å². The molecule has 356 valence electrons. The minimum Gasteiger partial charge on any atom is -0.459 e. The van der Waals surface area contributed by atoms with E-state index >= 15 is 4.79 Å². The normalized spacial score (nSPS) is 23.4. The largest absolute Gasteiger partial charge is 0.459 e. The van der Waals surface area contributed by atoms with Crippen LogP contribution in [0.5, 0.6) is 0 Å². The molecule has 0 aromatic heterocycles. The molecule has 9 atom stereocenters. The molecule has 2 fully saturated rings. The smallest absolute Gasteiger partial charge is 0.338 e. The number of carbonyl (C=O) groups is 4. The highest BCUT2D eigenvalue weighted by Crippen LogP contribution is 2.34. The number of hydrogen-bond acceptors (Lipinski definition) is 14. The molecular weight excluding hydrogens is 885 g/mol. The van der Waals surface area contributed by atoms with Crippen molar-refractivity contribution in [3.8, 4) is 0 Å². The number of Topliss-reactive ketones (excluding diaryl/α,β-unsaturated/α-hetero) is 1. The lowest BCUT2D eigenvalue weighted by Crippen LogP contribution is -2.65. The summed E-state index contributed by atoms with van der Waals surface area (Å²) in [6.45, 7) is -0.244. The number of carbonyl (C=O) groups excluding carboxylic acids is 4. The van der Waals surface area contributed by atoms with Crippen molar-refractivity contribution < 1.29 is 66.5 Å². The Bertz CT molecular complexity index is 2530. The number of rotatable bonds is 20. The van der Waals surface area contributed by atoms with Crippen LogP contribution in [0.25, 0.3) is 0 Å². The second-order valence-corrected chi connectivity index (χ2v) is 16.2. The van der Waals surface area contributed by atoms with Crippen molar-refractivity contribution in [2.24, 2.45) is 0 Å². The molecule has 2 aliphatic rings. The van der Waals surface area contributed by atoms with Gasteiger partial charge in [0, 0.05) is 7.11 Å². The minimum absolute atomic E-state index is 0.0803. The van der Waals surface area contributed by atoms with Crippen LogP contribution in [0.1, 0.15) is 47.8 Å². The van der Waals surface area contributed by atoms with Crippen LogP contribution in [0.15, 0.2) is 182 Å². The fourth-order valence-corrected chi connectivity index (χ4v) is 7.90. The fourth-order valence-electron chi connectivity index (χ4n) is 7.90. The summed E-state index contributed by atoms with van der Waals surface area (Å²) in [5.41, 5.74) is 3.07. The third-order valence-electron chi connectivity index (χ3n) is 11.4. The van der Waals surface area contributed by atoms with Crippen molar-refractivity contribution >= 4 is 23.7 Å². The van der Waals surface area contributed by atoms with Gasteiger partial charge >= 0.3 is 17.9 Å². The molecule has 0 amide bonds. The lowest BCUT2D eigenvalue weighted by atomic mass is 9.96. The Balaban J connectivity index is 1.17. The summed E-state index contributed by atoms with van der Waals surface area (Å²) in [5, 5.41) is 0. The van der Waals surface area contributed by atoms with Crippen LogP contribution in [0.2, 0.25) is 0 Å². The van der Waals surface area contributed by atoms with Crippen LogP contribution in [0.3, 0.4) is 0 Å². The van der Waals surface area contributed by atoms with Gasteiger partial charge in [0.15, 0.2) is 12.4 Å². The van der Waals surface area contributed by atoms with Crippen LogP contribution < -0.4 is 0 Å². The first kappa shape index (κ1) is 48.6. The van der Waals surface area contributed by atoms with Crippen LogP contribution in [-0.2, 0) is 72.0 Å². The van der Waals surface area contributed by atoms with Gasteiger partial charge in [-0.3, -0.25) is 4.79 Å². The molecule has 0 bridgehead atoms. The predicted octanol–water partition coefficient (Wildman–Crippen LogP) is 7.73. The molecular formula is C55H52O14. The topological polar surface area (TPSA) is 161 Å². The van der Waals surface area contributed by atoms with Crippen LogP contribution in [-0.4, -0.2) is 99.3 Å². The number of ether oxygens (including phenoxy) is 10. The molecule has 0 N–H and O–H groups in total. The van der Waals surface area contributed by atoms with Gasteiger partial charge in [-0.25, -0.2) is 14.4 Å². The van der Waals surface area contributed by atoms with E-state index in [-0.39, 0.29) is 43.1 Å². The van der Waals surface area contributed by atoms with E-state index in [1.54, 1.807) is 66.7 Å². The number of methoxy groups -OCH3 is 1. The van der Waals surface area contributed by atoms with Gasteiger partial charge in [-0.1, -0.05) is 146 Å². The number of esters is 3. The Kier molecular flexibility index (Phi) is 17.2. The molecule has 6 aromatic rings. The van der Waals surface area contributed by atoms with E-state index in [1.165, 1.54) is 31.4 Å². The van der Waals surface area contributed by atoms with Crippen LogP contribution in [0.4, 0.5) is 0 Å². The lowest BCUT2D eigenvalue weighted by Gasteiger charge is -2.47. The molecule has 0 saturated carbocycles. The Morgan fingerprint density at radius 1 is 0.464 bits per heavy atom. The van der Waals surface area contributed by atoms with Gasteiger partial charge in [0.05, 0.1) is 43.1 Å². The molecule has 2 aliphatic heterocycles. The Morgan fingerprint density at radius 2 is 0.899 bits per heavy atom. The summed E-state index contributed by atoms with van der Waals surface area (Å²) in [6.07, 6.45) is -12.0. The van der Waals surface area contributed by atoms with Crippen LogP contribution >= 0.6 is 0 Å². The Hall–Kier alpha value is -6.88. The average molecular weight is 937 g/mol. The summed E-state index contributed by atoms with van der Waals surface area (Å²) in [4.78, 5) is 56.3. The SMILES string of the molecule is CO[C@H]1O[C@H](COCc2ccccc2)[C@@H](O[C@@H]2O[C@H](COC(=O)c3ccccc3)[C@@H](OC(=O)c3ccccc3)[C@H](OC(=O)c3ccccc3)C2=O)[C@H](OCc2ccccc2)[C@H]1OCc1ccccc1. The highest BCUT2D eigenvalue weighted by molar-refractivity contribution is 5.95. The molecule has 69 heavy (non-hydrogen) atoms. The van der Waals surface area contributed by atoms with Crippen LogP contribution in [0, 0.1) is 0 Å². The summed E-state index contributed by atoms with van der Waals surface area (Å²) >= 11 is 0. The average Bonchev–Trinajstić information content (AvgIpc) is 3.40. The third-order valence-corrected chi connectivity index (χ3v) is 11.4. The number of benzene rings is 6. The first-order chi connectivity index (χ1) is 33.8. The fraction of sp³-hybridized carbons (Fsp3) is 0.273. The molecule has 0 spiro atoms. The molecule has 0 radical (unpaired) electrons. The zero-order chi connectivity index (χ0) is 47.8. The standard InChI is InChI=1S/C55H52O14/c1-60-55-50(63-34-39-24-12-4-13-25-39)49(62-33-38-22-10-3-11-23-38)47(43(66-55)35-61-32-37-20-8-2-9-21-37)69-54-45(56)48(68-53(59)42-30-18-7-19-31-42)46(67-52(58)41-28-16-6-17-29-41)44(65-54)36-64-51(57)40-26-14-5-15-27-40/h2-31,43-44,46-50,54-55H,32-36H2,1H3/t43-,44-,46-,47-,48-,49+,50-,54+,55+/m1/s1. The molecule has 14 nitrogen and oxygen atoms in total. The predicted molar refractivity (Wildman–Crippen MR) is 248 cm³/mol. The van der Waals surface area contributed by atoms with E-state index in [0.29, 0.717) is 0 Å². The first-order valence-electron chi connectivity index (χ1n) is 22.5. The van der Waals surface area contributed by atoms with Gasteiger partial charge in [0.1, 0.15) is 37.1 Å². The zero-order valence-corrected chi connectivity index (χ0v) is 37.8. The van der Waals surface area contributed by atoms with Crippen molar-refractivity contribution in [1.29, 1.82) is 0 Å². The van der Waals surface area contributed by atoms with E-state index < -0.39 is 85.6 Å². The summed E-state index contributed by atoms with van der Waals surface area (Å²) in [6, 6.07) is 52.8. The monoisotopic (exact) mass is 936 g/mol. The van der Waals surface area contributed by atoms with Gasteiger partial charge in [-0.2, -0.15) is 0 Å². The van der Waals surface area contributed by atoms with Gasteiger partial charge < -0.3 is 47.4 Å². The zero-order valence-electron chi connectivity index (χ0n) is 37.8. The summed E-state index contributed by atoms with van der Waals surface area (Å²) in [5.74, 6) is -3.40. The van der Waals surface area contributed by atoms with E-state index in [2.05, 4.69) is 0 Å². The van der Waals surface area contributed by atoms with E-state index in [9.17, 15) is 14.4 Å². The highest BCUT2D eigenvalue weighted by Gasteiger charge is 2.55. The Morgan fingerprint density at radius 3 is 1.41 bits per heavy atom. The van der Waals surface area contributed by atoms with Crippen molar-refractivity contribution in [3.63, 3.8) is 0 Å². The van der Waals surface area contributed by atoms with Crippen molar-refractivity contribution in [2.45, 2.75) is 75.1 Å². The quantitative estimate of drug-likeness (QED) is 0.0540. The third kappa shape index (κ3) is 13.0. The van der Waals surface area contributed by atoms with Gasteiger partial charge in [0.2, 0.25) is 18.2 Å². The molecule has 14 heteroatoms. The maximum absolute atomic E-state index is 15.1. The first-order valence-corrected chi connectivity index (χ1v) is 22.5. The second-order valence-electron chi connectivity index (χ2n) is 16.2. The maximum Gasteiger partial charge on any atom is 0.338 e. The van der Waals surface area contributed by atoms with E-state index in [0.717, 1.165) is 16.7 Å². The molecule has 6 aromatic carbocycles. The summed E-state index contributed by atoms with van der Waals surface area (Å²) < 4.78 is 63.2. The summed E-state index contributed by atoms with van der Waals surface area (Å²) in [7, 11) is 1.48. The van der Waals surface area contributed by atoms with E-state index in [1.807, 2.05) is 91.0 Å². The molecule has 2 heterocycles. The van der Waals surface area contributed by atoms with Crippen molar-refractivity contribution in [1.82, 2.24) is 0 Å². The molecule has 0 unspecified atom stereocenters. The molecule has 0 aliphatic carbocycles. The number of hydrogen-bond donors (Lipinski definition) is 0. The molecule has 2 saturated heterocycles. The van der Waals surface area contributed by atoms with Crippen molar-refractivity contribution in [3.05, 3.63) is 215 Å². The minimum atomic E-state index is -1.87. The van der Waals surface area contributed by atoms with Crippen molar-refractivity contribution in [2.75, 3.05) is 20.3 Å². The second kappa shape index (κ2) is 24.4. The lowest BCUT2D eigenvalue weighted by molar-refractivity contribution is -0.343. The van der Waals surface area contributed by atoms with E-state index in [4.69, 9.17) is 47.4 Å².